The van der Waals surface area contributed by atoms with Crippen molar-refractivity contribution in [2.24, 2.45) is 0 Å². The van der Waals surface area contributed by atoms with Crippen LogP contribution in [-0.4, -0.2) is 47.6 Å². The Balaban J connectivity index is 2.01. The number of ether oxygens (including phenoxy) is 1. The minimum Gasteiger partial charge on any atom is -0.452 e. The molecule has 0 spiro atoms. The van der Waals surface area contributed by atoms with Gasteiger partial charge in [0, 0.05) is 19.0 Å². The Bertz CT molecular complexity index is 700. The van der Waals surface area contributed by atoms with E-state index in [2.05, 4.69) is 10.1 Å². The molecule has 0 unspecified atom stereocenters. The number of likely N-dealkylation sites (N-methyl/N-ethyl adjacent to an activating group) is 1. The van der Waals surface area contributed by atoms with E-state index in [-0.39, 0.29) is 12.5 Å². The van der Waals surface area contributed by atoms with Crippen LogP contribution < -0.4 is 0 Å². The van der Waals surface area contributed by atoms with Crippen LogP contribution in [-0.2, 0) is 15.3 Å². The normalized spacial score (nSPS) is 10.4. The summed E-state index contributed by atoms with van der Waals surface area (Å²) >= 11 is 1.39. The molecule has 0 aliphatic heterocycles. The number of carbonyl (C=O) groups is 2. The van der Waals surface area contributed by atoms with E-state index >= 15 is 0 Å². The molecule has 0 radical (unpaired) electrons. The molecule has 0 aliphatic carbocycles. The first-order valence-electron chi connectivity index (χ1n) is 6.85. The van der Waals surface area contributed by atoms with Crippen molar-refractivity contribution < 1.29 is 18.8 Å². The standard InChI is InChI=1S/C15H17N3O4S/c1-10-16-13(22-17-10)9-23-12-7-5-4-6-11(12)15(20)21-8-14(19)18(2)3/h4-7H,8-9H2,1-3H3. The van der Waals surface area contributed by atoms with Gasteiger partial charge in [0.15, 0.2) is 12.4 Å². The molecular weight excluding hydrogens is 318 g/mol. The minimum atomic E-state index is -0.537. The van der Waals surface area contributed by atoms with Crippen LogP contribution in [0.5, 0.6) is 0 Å². The van der Waals surface area contributed by atoms with Gasteiger partial charge in [-0.3, -0.25) is 4.79 Å². The van der Waals surface area contributed by atoms with E-state index in [1.165, 1.54) is 16.7 Å². The number of benzene rings is 1. The van der Waals surface area contributed by atoms with Crippen LogP contribution >= 0.6 is 11.8 Å². The Hall–Kier alpha value is -2.35. The monoisotopic (exact) mass is 335 g/mol. The fourth-order valence-corrected chi connectivity index (χ4v) is 2.51. The van der Waals surface area contributed by atoms with Crippen molar-refractivity contribution in [3.05, 3.63) is 41.5 Å². The van der Waals surface area contributed by atoms with Crippen LogP contribution in [0.1, 0.15) is 22.1 Å². The zero-order valence-electron chi connectivity index (χ0n) is 13.1. The van der Waals surface area contributed by atoms with Crippen molar-refractivity contribution >= 4 is 23.6 Å². The molecule has 0 aliphatic rings. The van der Waals surface area contributed by atoms with Gasteiger partial charge in [0.25, 0.3) is 5.91 Å². The van der Waals surface area contributed by atoms with Crippen LogP contribution in [0.4, 0.5) is 0 Å². The van der Waals surface area contributed by atoms with Crippen LogP contribution in [0.25, 0.3) is 0 Å². The Kier molecular flexibility index (Phi) is 5.75. The molecule has 1 aromatic heterocycles. The number of nitrogens with zero attached hydrogens (tertiary/aromatic N) is 3. The van der Waals surface area contributed by atoms with Crippen molar-refractivity contribution in [2.45, 2.75) is 17.6 Å². The van der Waals surface area contributed by atoms with Crippen molar-refractivity contribution in [1.29, 1.82) is 0 Å². The van der Waals surface area contributed by atoms with Crippen molar-refractivity contribution in [1.82, 2.24) is 15.0 Å². The molecule has 7 nitrogen and oxygen atoms in total. The Morgan fingerprint density at radius 2 is 2.04 bits per heavy atom. The van der Waals surface area contributed by atoms with Gasteiger partial charge in [-0.25, -0.2) is 4.79 Å². The highest BCUT2D eigenvalue weighted by molar-refractivity contribution is 7.98. The van der Waals surface area contributed by atoms with Gasteiger partial charge in [-0.05, 0) is 19.1 Å². The number of carbonyl (C=O) groups excluding carboxylic acids is 2. The highest BCUT2D eigenvalue weighted by Crippen LogP contribution is 2.26. The molecule has 0 bridgehead atoms. The second-order valence-corrected chi connectivity index (χ2v) is 5.90. The lowest BCUT2D eigenvalue weighted by molar-refractivity contribution is -0.131. The van der Waals surface area contributed by atoms with Gasteiger partial charge >= 0.3 is 5.97 Å². The van der Waals surface area contributed by atoms with Gasteiger partial charge < -0.3 is 14.2 Å². The van der Waals surface area contributed by atoms with Gasteiger partial charge in [0.2, 0.25) is 5.89 Å². The Morgan fingerprint density at radius 3 is 2.70 bits per heavy atom. The van der Waals surface area contributed by atoms with E-state index in [9.17, 15) is 9.59 Å². The van der Waals surface area contributed by atoms with Gasteiger partial charge in [-0.1, -0.05) is 17.3 Å². The molecule has 8 heteroatoms. The summed E-state index contributed by atoms with van der Waals surface area (Å²) < 4.78 is 10.1. The summed E-state index contributed by atoms with van der Waals surface area (Å²) in [6, 6.07) is 7.02. The second-order valence-electron chi connectivity index (χ2n) is 4.88. The molecule has 23 heavy (non-hydrogen) atoms. The summed E-state index contributed by atoms with van der Waals surface area (Å²) in [5.41, 5.74) is 0.403. The molecule has 2 aromatic rings. The van der Waals surface area contributed by atoms with Gasteiger partial charge in [0.05, 0.1) is 11.3 Å². The van der Waals surface area contributed by atoms with Crippen LogP contribution in [0.15, 0.2) is 33.7 Å². The number of amides is 1. The molecule has 0 N–H and O–H groups in total. The first-order chi connectivity index (χ1) is 11.0. The second kappa shape index (κ2) is 7.77. The summed E-state index contributed by atoms with van der Waals surface area (Å²) in [5.74, 6) is 0.686. The highest BCUT2D eigenvalue weighted by Gasteiger charge is 2.16. The number of hydrogen-bond donors (Lipinski definition) is 0. The average Bonchev–Trinajstić information content (AvgIpc) is 2.96. The third-order valence-electron chi connectivity index (χ3n) is 2.85. The van der Waals surface area contributed by atoms with Crippen LogP contribution in [0.3, 0.4) is 0 Å². The topological polar surface area (TPSA) is 85.5 Å². The largest absolute Gasteiger partial charge is 0.452 e. The first kappa shape index (κ1) is 17.0. The predicted molar refractivity (Wildman–Crippen MR) is 84.0 cm³/mol. The third kappa shape index (κ3) is 4.82. The maximum atomic E-state index is 12.2. The molecule has 1 heterocycles. The Labute approximate surface area is 138 Å². The van der Waals surface area contributed by atoms with Crippen molar-refractivity contribution in [3.63, 3.8) is 0 Å². The summed E-state index contributed by atoms with van der Waals surface area (Å²) in [5, 5.41) is 3.72. The lowest BCUT2D eigenvalue weighted by atomic mass is 10.2. The van der Waals surface area contributed by atoms with E-state index in [1.807, 2.05) is 6.07 Å². The summed E-state index contributed by atoms with van der Waals surface area (Å²) in [7, 11) is 3.21. The zero-order valence-corrected chi connectivity index (χ0v) is 13.9. The van der Waals surface area contributed by atoms with Crippen LogP contribution in [0, 0.1) is 6.92 Å². The van der Waals surface area contributed by atoms with Gasteiger partial charge in [-0.2, -0.15) is 4.98 Å². The van der Waals surface area contributed by atoms with Crippen LogP contribution in [0.2, 0.25) is 0 Å². The van der Waals surface area contributed by atoms with E-state index < -0.39 is 5.97 Å². The van der Waals surface area contributed by atoms with E-state index in [1.54, 1.807) is 39.2 Å². The number of rotatable bonds is 6. The van der Waals surface area contributed by atoms with Crippen molar-refractivity contribution in [3.8, 4) is 0 Å². The van der Waals surface area contributed by atoms with E-state index in [0.29, 0.717) is 23.0 Å². The highest BCUT2D eigenvalue weighted by atomic mass is 32.2. The quantitative estimate of drug-likeness (QED) is 0.589. The number of esters is 1. The maximum Gasteiger partial charge on any atom is 0.339 e. The number of aryl methyl sites for hydroxylation is 1. The summed E-state index contributed by atoms with van der Waals surface area (Å²) in [6.45, 7) is 1.46. The maximum absolute atomic E-state index is 12.2. The number of thioether (sulfide) groups is 1. The van der Waals surface area contributed by atoms with Gasteiger partial charge in [-0.15, -0.1) is 11.8 Å². The molecule has 1 aromatic carbocycles. The van der Waals surface area contributed by atoms with Crippen molar-refractivity contribution in [2.75, 3.05) is 20.7 Å². The number of hydrogen-bond acceptors (Lipinski definition) is 7. The predicted octanol–water partition coefficient (Wildman–Crippen LogP) is 1.92. The molecule has 2 rings (SSSR count). The molecule has 1 amide bonds. The number of aromatic nitrogens is 2. The molecule has 0 saturated carbocycles. The fourth-order valence-electron chi connectivity index (χ4n) is 1.63. The summed E-state index contributed by atoms with van der Waals surface area (Å²) in [6.07, 6.45) is 0. The average molecular weight is 335 g/mol. The SMILES string of the molecule is Cc1noc(CSc2ccccc2C(=O)OCC(=O)N(C)C)n1. The molecule has 0 fully saturated rings. The first-order valence-corrected chi connectivity index (χ1v) is 7.84. The lowest BCUT2D eigenvalue weighted by Gasteiger charge is -2.11. The smallest absolute Gasteiger partial charge is 0.339 e. The lowest BCUT2D eigenvalue weighted by Crippen LogP contribution is -2.27. The Morgan fingerprint density at radius 1 is 1.30 bits per heavy atom. The molecular formula is C15H17N3O4S. The van der Waals surface area contributed by atoms with E-state index in [0.717, 1.165) is 4.90 Å². The molecule has 0 saturated heterocycles. The van der Waals surface area contributed by atoms with Gasteiger partial charge in [0.1, 0.15) is 0 Å². The summed E-state index contributed by atoms with van der Waals surface area (Å²) in [4.78, 5) is 29.9. The molecule has 122 valence electrons. The fraction of sp³-hybridized carbons (Fsp3) is 0.333. The third-order valence-corrected chi connectivity index (χ3v) is 3.91. The minimum absolute atomic E-state index is 0.273. The molecule has 0 atom stereocenters. The van der Waals surface area contributed by atoms with E-state index in [4.69, 9.17) is 9.26 Å². The zero-order chi connectivity index (χ0) is 16.8.